The van der Waals surface area contributed by atoms with Crippen LogP contribution >= 0.6 is 11.6 Å². The molecule has 0 spiro atoms. The number of anilines is 1. The zero-order valence-electron chi connectivity index (χ0n) is 17.3. The summed E-state index contributed by atoms with van der Waals surface area (Å²) in [5, 5.41) is 11.5. The first kappa shape index (κ1) is 24.4. The fourth-order valence-corrected chi connectivity index (χ4v) is 2.87. The van der Waals surface area contributed by atoms with Crippen LogP contribution < -0.4 is 14.8 Å². The third-order valence-corrected chi connectivity index (χ3v) is 4.66. The van der Waals surface area contributed by atoms with Gasteiger partial charge in [-0.2, -0.15) is 18.4 Å². The molecule has 3 aromatic rings. The third kappa shape index (κ3) is 5.76. The quantitative estimate of drug-likeness (QED) is 0.205. The predicted octanol–water partition coefficient (Wildman–Crippen LogP) is 5.73. The van der Waals surface area contributed by atoms with Crippen molar-refractivity contribution in [3.8, 4) is 17.6 Å². The van der Waals surface area contributed by atoms with Crippen molar-refractivity contribution >= 4 is 35.2 Å². The van der Waals surface area contributed by atoms with Crippen LogP contribution in [0.15, 0.2) is 64.8 Å². The molecule has 0 aliphatic carbocycles. The molecule has 3 rings (SSSR count). The van der Waals surface area contributed by atoms with Crippen molar-refractivity contribution in [2.45, 2.75) is 6.18 Å². The number of methoxy groups -OCH3 is 1. The molecule has 0 fully saturated rings. The fourth-order valence-electron chi connectivity index (χ4n) is 2.71. The molecule has 11 heteroatoms. The number of nitrogens with zero attached hydrogens (tertiary/aromatic N) is 1. The van der Waals surface area contributed by atoms with Crippen LogP contribution in [0.1, 0.15) is 21.7 Å². The number of esters is 1. The fraction of sp³-hybridized carbons (Fsp3) is 0.0870. The van der Waals surface area contributed by atoms with Crippen LogP contribution in [0.3, 0.4) is 0 Å². The van der Waals surface area contributed by atoms with Gasteiger partial charge in [-0.25, -0.2) is 4.79 Å². The lowest BCUT2D eigenvalue weighted by molar-refractivity contribution is -0.137. The third-order valence-electron chi connectivity index (χ3n) is 4.33. The molecule has 1 aromatic heterocycles. The van der Waals surface area contributed by atoms with Crippen LogP contribution in [0.25, 0.3) is 6.08 Å². The van der Waals surface area contributed by atoms with E-state index in [-0.39, 0.29) is 28.0 Å². The van der Waals surface area contributed by atoms with Crippen LogP contribution in [-0.2, 0) is 11.0 Å². The second-order valence-corrected chi connectivity index (χ2v) is 7.00. The van der Waals surface area contributed by atoms with Gasteiger partial charge in [-0.05, 0) is 54.1 Å². The number of benzene rings is 2. The Labute approximate surface area is 195 Å². The number of amides is 1. The van der Waals surface area contributed by atoms with Crippen molar-refractivity contribution in [1.29, 1.82) is 5.26 Å². The number of ether oxygens (including phenoxy) is 2. The van der Waals surface area contributed by atoms with Gasteiger partial charge in [-0.3, -0.25) is 4.79 Å². The number of hydrogen-bond donors (Lipinski definition) is 1. The van der Waals surface area contributed by atoms with E-state index in [2.05, 4.69) is 5.32 Å². The maximum atomic E-state index is 12.9. The molecule has 1 N–H and O–H groups in total. The highest BCUT2D eigenvalue weighted by molar-refractivity contribution is 6.34. The molecular weight excluding hydrogens is 477 g/mol. The van der Waals surface area contributed by atoms with Crippen molar-refractivity contribution in [2.24, 2.45) is 0 Å². The Morgan fingerprint density at radius 1 is 1.15 bits per heavy atom. The number of nitriles is 1. The van der Waals surface area contributed by atoms with Crippen molar-refractivity contribution in [2.75, 3.05) is 12.4 Å². The van der Waals surface area contributed by atoms with Gasteiger partial charge in [0.25, 0.3) is 5.91 Å². The van der Waals surface area contributed by atoms with Gasteiger partial charge < -0.3 is 19.2 Å². The summed E-state index contributed by atoms with van der Waals surface area (Å²) in [6.07, 6.45) is -2.16. The summed E-state index contributed by atoms with van der Waals surface area (Å²) in [6, 6.07) is 11.3. The number of furan rings is 1. The Hall–Kier alpha value is -4.23. The minimum Gasteiger partial charge on any atom is -0.493 e. The molecule has 1 heterocycles. The summed E-state index contributed by atoms with van der Waals surface area (Å²) in [6.45, 7) is 0. The van der Waals surface area contributed by atoms with E-state index in [1.165, 1.54) is 49.8 Å². The minimum absolute atomic E-state index is 0.0253. The summed E-state index contributed by atoms with van der Waals surface area (Å²) in [5.41, 5.74) is -1.42. The molecule has 2 aromatic carbocycles. The highest BCUT2D eigenvalue weighted by Crippen LogP contribution is 2.34. The Balaban J connectivity index is 1.83. The number of rotatable bonds is 6. The Morgan fingerprint density at radius 3 is 2.53 bits per heavy atom. The standard InChI is InChI=1S/C23H14ClF3N2O5/c1-32-20-10-13(4-7-18(20)34-22(31)19-3-2-8-33-19)9-14(12-28)21(30)29-17-11-15(23(25,26)27)5-6-16(17)24/h2-11H,1H3,(H,29,30). The van der Waals surface area contributed by atoms with Gasteiger partial charge in [0.1, 0.15) is 11.6 Å². The summed E-state index contributed by atoms with van der Waals surface area (Å²) in [5.74, 6) is -1.59. The summed E-state index contributed by atoms with van der Waals surface area (Å²) < 4.78 is 54.2. The Morgan fingerprint density at radius 2 is 1.91 bits per heavy atom. The second kappa shape index (κ2) is 10.1. The maximum Gasteiger partial charge on any atom is 0.416 e. The smallest absolute Gasteiger partial charge is 0.416 e. The lowest BCUT2D eigenvalue weighted by Crippen LogP contribution is -2.15. The summed E-state index contributed by atoms with van der Waals surface area (Å²) in [4.78, 5) is 24.6. The van der Waals surface area contributed by atoms with Crippen molar-refractivity contribution < 1.29 is 36.7 Å². The van der Waals surface area contributed by atoms with E-state index in [0.29, 0.717) is 11.6 Å². The number of hydrogen-bond acceptors (Lipinski definition) is 6. The lowest BCUT2D eigenvalue weighted by Gasteiger charge is -2.11. The number of carbonyl (C=O) groups is 2. The molecule has 0 aliphatic rings. The van der Waals surface area contributed by atoms with Gasteiger partial charge >= 0.3 is 12.1 Å². The Bertz CT molecular complexity index is 1290. The van der Waals surface area contributed by atoms with Crippen molar-refractivity contribution in [1.82, 2.24) is 0 Å². The molecule has 174 valence electrons. The van der Waals surface area contributed by atoms with Crippen LogP contribution in [0, 0.1) is 11.3 Å². The minimum atomic E-state index is -4.64. The molecular formula is C23H14ClF3N2O5. The molecule has 34 heavy (non-hydrogen) atoms. The van der Waals surface area contributed by atoms with Crippen LogP contribution in [-0.4, -0.2) is 19.0 Å². The van der Waals surface area contributed by atoms with Crippen LogP contribution in [0.5, 0.6) is 11.5 Å². The van der Waals surface area contributed by atoms with Gasteiger partial charge in [0.05, 0.1) is 29.6 Å². The molecule has 0 bridgehead atoms. The van der Waals surface area contributed by atoms with Gasteiger partial charge in [0.2, 0.25) is 5.76 Å². The van der Waals surface area contributed by atoms with Crippen molar-refractivity contribution in [3.05, 3.63) is 82.3 Å². The molecule has 0 radical (unpaired) electrons. The largest absolute Gasteiger partial charge is 0.493 e. The molecule has 0 aliphatic heterocycles. The normalized spacial score (nSPS) is 11.5. The number of halogens is 4. The summed E-state index contributed by atoms with van der Waals surface area (Å²) in [7, 11) is 1.32. The highest BCUT2D eigenvalue weighted by atomic mass is 35.5. The van der Waals surface area contributed by atoms with Gasteiger partial charge in [0, 0.05) is 0 Å². The maximum absolute atomic E-state index is 12.9. The van der Waals surface area contributed by atoms with Crippen molar-refractivity contribution in [3.63, 3.8) is 0 Å². The molecule has 1 amide bonds. The molecule has 0 saturated carbocycles. The zero-order valence-corrected chi connectivity index (χ0v) is 18.0. The van der Waals surface area contributed by atoms with E-state index in [4.69, 9.17) is 25.5 Å². The first-order valence-corrected chi connectivity index (χ1v) is 9.73. The Kier molecular flexibility index (Phi) is 7.28. The average Bonchev–Trinajstić information content (AvgIpc) is 3.34. The molecule has 0 saturated heterocycles. The van der Waals surface area contributed by atoms with E-state index in [9.17, 15) is 28.0 Å². The van der Waals surface area contributed by atoms with E-state index in [1.807, 2.05) is 0 Å². The lowest BCUT2D eigenvalue weighted by atomic mass is 10.1. The average molecular weight is 491 g/mol. The predicted molar refractivity (Wildman–Crippen MR) is 115 cm³/mol. The first-order chi connectivity index (χ1) is 16.1. The summed E-state index contributed by atoms with van der Waals surface area (Å²) >= 11 is 5.88. The van der Waals surface area contributed by atoms with E-state index in [1.54, 1.807) is 6.07 Å². The van der Waals surface area contributed by atoms with E-state index < -0.39 is 29.2 Å². The molecule has 7 nitrogen and oxygen atoms in total. The van der Waals surface area contributed by atoms with E-state index >= 15 is 0 Å². The SMILES string of the molecule is COc1cc(C=C(C#N)C(=O)Nc2cc(C(F)(F)F)ccc2Cl)ccc1OC(=O)c1ccco1. The van der Waals surface area contributed by atoms with Gasteiger partial charge in [-0.15, -0.1) is 0 Å². The van der Waals surface area contributed by atoms with Gasteiger partial charge in [-0.1, -0.05) is 17.7 Å². The van der Waals surface area contributed by atoms with Crippen LogP contribution in [0.4, 0.5) is 18.9 Å². The van der Waals surface area contributed by atoms with E-state index in [0.717, 1.165) is 12.1 Å². The molecule has 0 atom stereocenters. The van der Waals surface area contributed by atoms with Gasteiger partial charge in [0.15, 0.2) is 11.5 Å². The first-order valence-electron chi connectivity index (χ1n) is 9.36. The molecule has 0 unspecified atom stereocenters. The monoisotopic (exact) mass is 490 g/mol. The number of carbonyl (C=O) groups excluding carboxylic acids is 2. The zero-order chi connectivity index (χ0) is 24.9. The number of nitrogens with one attached hydrogen (secondary N) is 1. The topological polar surface area (TPSA) is 102 Å². The van der Waals surface area contributed by atoms with Crippen LogP contribution in [0.2, 0.25) is 5.02 Å². The number of alkyl halides is 3. The highest BCUT2D eigenvalue weighted by Gasteiger charge is 2.31. The second-order valence-electron chi connectivity index (χ2n) is 6.59.